The van der Waals surface area contributed by atoms with Crippen molar-refractivity contribution in [2.24, 2.45) is 0 Å². The Labute approximate surface area is 76.9 Å². The highest BCUT2D eigenvalue weighted by Crippen LogP contribution is 2.09. The number of carbonyl (C=O) groups is 1. The number of amides is 1. The lowest BCUT2D eigenvalue weighted by molar-refractivity contribution is 0.110. The Hall–Kier alpha value is -1.28. The topological polar surface area (TPSA) is 76.4 Å². The molecule has 0 aromatic carbocycles. The van der Waals surface area contributed by atoms with Crippen molar-refractivity contribution in [3.63, 3.8) is 0 Å². The Morgan fingerprint density at radius 3 is 3.15 bits per heavy atom. The lowest BCUT2D eigenvalue weighted by Crippen LogP contribution is -2.53. The predicted octanol–water partition coefficient (Wildman–Crippen LogP) is 0.242. The van der Waals surface area contributed by atoms with E-state index in [0.717, 1.165) is 0 Å². The molecule has 1 aliphatic rings. The van der Waals surface area contributed by atoms with Crippen LogP contribution >= 0.6 is 0 Å². The van der Waals surface area contributed by atoms with Gasteiger partial charge < -0.3 is 15.3 Å². The quantitative estimate of drug-likeness (QED) is 0.643. The molecule has 72 valence electrons. The molecule has 1 aliphatic heterocycles. The third kappa shape index (κ3) is 2.60. The fourth-order valence-corrected chi connectivity index (χ4v) is 1.50. The van der Waals surface area contributed by atoms with Crippen LogP contribution in [0.1, 0.15) is 12.8 Å². The molecule has 1 rings (SSSR count). The Bertz CT molecular complexity index is 224. The third-order valence-electron chi connectivity index (χ3n) is 2.19. The summed E-state index contributed by atoms with van der Waals surface area (Å²) in [4.78, 5) is 12.2. The molecule has 13 heavy (non-hydrogen) atoms. The van der Waals surface area contributed by atoms with Gasteiger partial charge in [-0.3, -0.25) is 0 Å². The summed E-state index contributed by atoms with van der Waals surface area (Å²) in [7, 11) is 0. The second-order valence-electron chi connectivity index (χ2n) is 3.03. The van der Waals surface area contributed by atoms with E-state index in [2.05, 4.69) is 5.32 Å². The van der Waals surface area contributed by atoms with Crippen molar-refractivity contribution in [1.82, 2.24) is 10.2 Å². The van der Waals surface area contributed by atoms with Crippen LogP contribution in [0.2, 0.25) is 0 Å². The molecule has 0 aromatic rings. The molecule has 0 saturated carbocycles. The molecule has 0 spiro atoms. The second-order valence-corrected chi connectivity index (χ2v) is 3.03. The number of rotatable bonds is 2. The third-order valence-corrected chi connectivity index (χ3v) is 2.19. The van der Waals surface area contributed by atoms with E-state index in [4.69, 9.17) is 10.4 Å². The molecule has 1 heterocycles. The summed E-state index contributed by atoms with van der Waals surface area (Å²) < 4.78 is 0. The van der Waals surface area contributed by atoms with Crippen molar-refractivity contribution < 1.29 is 9.90 Å². The highest BCUT2D eigenvalue weighted by molar-refractivity contribution is 5.65. The molecule has 1 unspecified atom stereocenters. The highest BCUT2D eigenvalue weighted by atomic mass is 16.4. The van der Waals surface area contributed by atoms with Crippen molar-refractivity contribution in [1.29, 1.82) is 5.26 Å². The number of nitrogens with zero attached hydrogens (tertiary/aromatic N) is 2. The van der Waals surface area contributed by atoms with Crippen molar-refractivity contribution in [2.75, 3.05) is 19.6 Å². The first-order valence-electron chi connectivity index (χ1n) is 4.33. The predicted molar refractivity (Wildman–Crippen MR) is 46.2 cm³/mol. The SMILES string of the molecule is N#CCCC1CNCCN1C(=O)O. The summed E-state index contributed by atoms with van der Waals surface area (Å²) in [6.07, 6.45) is 0.149. The lowest BCUT2D eigenvalue weighted by atomic mass is 10.1. The molecule has 0 aliphatic carbocycles. The van der Waals surface area contributed by atoms with Gasteiger partial charge in [0.25, 0.3) is 0 Å². The number of carboxylic acid groups (broad SMARTS) is 1. The van der Waals surface area contributed by atoms with Gasteiger partial charge >= 0.3 is 6.09 Å². The van der Waals surface area contributed by atoms with E-state index in [9.17, 15) is 4.79 Å². The van der Waals surface area contributed by atoms with Gasteiger partial charge in [-0.05, 0) is 6.42 Å². The fraction of sp³-hybridized carbons (Fsp3) is 0.750. The van der Waals surface area contributed by atoms with Crippen molar-refractivity contribution >= 4 is 6.09 Å². The number of hydrogen-bond acceptors (Lipinski definition) is 3. The Morgan fingerprint density at radius 1 is 1.77 bits per heavy atom. The second kappa shape index (κ2) is 4.67. The Kier molecular flexibility index (Phi) is 3.53. The van der Waals surface area contributed by atoms with Crippen LogP contribution in [0.15, 0.2) is 0 Å². The maximum atomic E-state index is 10.7. The molecule has 0 bridgehead atoms. The van der Waals surface area contributed by atoms with Crippen LogP contribution in [0.5, 0.6) is 0 Å². The van der Waals surface area contributed by atoms with Gasteiger partial charge in [0.1, 0.15) is 0 Å². The van der Waals surface area contributed by atoms with Gasteiger partial charge in [-0.15, -0.1) is 0 Å². The van der Waals surface area contributed by atoms with Crippen LogP contribution < -0.4 is 5.32 Å². The molecule has 0 radical (unpaired) electrons. The summed E-state index contributed by atoms with van der Waals surface area (Å²) in [5.74, 6) is 0. The number of nitriles is 1. The molecule has 5 heteroatoms. The van der Waals surface area contributed by atoms with E-state index in [1.807, 2.05) is 6.07 Å². The number of nitrogens with one attached hydrogen (secondary N) is 1. The minimum Gasteiger partial charge on any atom is -0.465 e. The molecular formula is C8H13N3O2. The van der Waals surface area contributed by atoms with Gasteiger partial charge in [-0.25, -0.2) is 4.79 Å². The van der Waals surface area contributed by atoms with E-state index in [1.165, 1.54) is 4.90 Å². The van der Waals surface area contributed by atoms with E-state index < -0.39 is 6.09 Å². The number of hydrogen-bond donors (Lipinski definition) is 2. The van der Waals surface area contributed by atoms with E-state index in [0.29, 0.717) is 32.5 Å². The standard InChI is InChI=1S/C8H13N3O2/c9-3-1-2-7-6-10-4-5-11(7)8(12)13/h7,10H,1-2,4-6H2,(H,12,13). The largest absolute Gasteiger partial charge is 0.465 e. The maximum Gasteiger partial charge on any atom is 0.407 e. The monoisotopic (exact) mass is 183 g/mol. The molecule has 1 saturated heterocycles. The van der Waals surface area contributed by atoms with Gasteiger partial charge in [-0.1, -0.05) is 0 Å². The molecule has 1 fully saturated rings. The number of piperazine rings is 1. The minimum atomic E-state index is -0.885. The van der Waals surface area contributed by atoms with Crippen LogP contribution in [0, 0.1) is 11.3 Å². The zero-order valence-electron chi connectivity index (χ0n) is 7.36. The molecule has 0 aromatic heterocycles. The molecule has 1 atom stereocenters. The summed E-state index contributed by atoms with van der Waals surface area (Å²) in [5, 5.41) is 20.3. The van der Waals surface area contributed by atoms with Crippen molar-refractivity contribution in [3.05, 3.63) is 0 Å². The average molecular weight is 183 g/mol. The summed E-state index contributed by atoms with van der Waals surface area (Å²) in [6.45, 7) is 1.88. The van der Waals surface area contributed by atoms with Crippen molar-refractivity contribution in [2.45, 2.75) is 18.9 Å². The maximum absolute atomic E-state index is 10.7. The van der Waals surface area contributed by atoms with Crippen LogP contribution in [-0.2, 0) is 0 Å². The first-order chi connectivity index (χ1) is 6.25. The first-order valence-corrected chi connectivity index (χ1v) is 4.33. The Balaban J connectivity index is 2.47. The highest BCUT2D eigenvalue weighted by Gasteiger charge is 2.25. The van der Waals surface area contributed by atoms with Gasteiger partial charge in [0.15, 0.2) is 0 Å². The average Bonchev–Trinajstić information content (AvgIpc) is 2.15. The minimum absolute atomic E-state index is 0.0362. The van der Waals surface area contributed by atoms with E-state index in [1.54, 1.807) is 0 Å². The van der Waals surface area contributed by atoms with Gasteiger partial charge in [0, 0.05) is 32.1 Å². The Morgan fingerprint density at radius 2 is 2.54 bits per heavy atom. The normalized spacial score (nSPS) is 22.4. The smallest absolute Gasteiger partial charge is 0.407 e. The first kappa shape index (κ1) is 9.81. The summed E-state index contributed by atoms with van der Waals surface area (Å²) in [5.41, 5.74) is 0. The van der Waals surface area contributed by atoms with E-state index >= 15 is 0 Å². The van der Waals surface area contributed by atoms with Crippen molar-refractivity contribution in [3.8, 4) is 6.07 Å². The summed E-state index contributed by atoms with van der Waals surface area (Å²) in [6, 6.07) is 1.99. The van der Waals surface area contributed by atoms with Gasteiger partial charge in [-0.2, -0.15) is 5.26 Å². The van der Waals surface area contributed by atoms with Gasteiger partial charge in [0.05, 0.1) is 6.07 Å². The molecular weight excluding hydrogens is 170 g/mol. The van der Waals surface area contributed by atoms with Crippen LogP contribution in [0.25, 0.3) is 0 Å². The lowest BCUT2D eigenvalue weighted by Gasteiger charge is -2.33. The summed E-state index contributed by atoms with van der Waals surface area (Å²) >= 11 is 0. The zero-order chi connectivity index (χ0) is 9.68. The van der Waals surface area contributed by atoms with Crippen LogP contribution in [-0.4, -0.2) is 41.8 Å². The van der Waals surface area contributed by atoms with Crippen LogP contribution in [0.3, 0.4) is 0 Å². The molecule has 5 nitrogen and oxygen atoms in total. The molecule has 1 amide bonds. The van der Waals surface area contributed by atoms with Gasteiger partial charge in [0.2, 0.25) is 0 Å². The zero-order valence-corrected chi connectivity index (χ0v) is 7.36. The van der Waals surface area contributed by atoms with Crippen LogP contribution in [0.4, 0.5) is 4.79 Å². The fourth-order valence-electron chi connectivity index (χ4n) is 1.50. The molecule has 2 N–H and O–H groups in total. The van der Waals surface area contributed by atoms with E-state index in [-0.39, 0.29) is 6.04 Å².